The fourth-order valence-electron chi connectivity index (χ4n) is 2.48. The highest BCUT2D eigenvalue weighted by molar-refractivity contribution is 7.13. The van der Waals surface area contributed by atoms with E-state index in [-0.39, 0.29) is 18.2 Å². The number of carbonyl (C=O) groups is 2. The Morgan fingerprint density at radius 1 is 1.23 bits per heavy atom. The molecule has 0 saturated heterocycles. The molecule has 0 unspecified atom stereocenters. The van der Waals surface area contributed by atoms with E-state index in [4.69, 9.17) is 4.42 Å². The maximum absolute atomic E-state index is 12.2. The molecule has 2 aromatic heterocycles. The lowest BCUT2D eigenvalue weighted by molar-refractivity contribution is -0.120. The third-order valence-electron chi connectivity index (χ3n) is 3.86. The molecule has 2 amide bonds. The first-order valence-electron chi connectivity index (χ1n) is 8.14. The summed E-state index contributed by atoms with van der Waals surface area (Å²) in [6, 6.07) is 11.0. The van der Waals surface area contributed by atoms with Gasteiger partial charge in [-0.25, -0.2) is 4.98 Å². The molecule has 134 valence electrons. The molecular formula is C19H19N3O3S. The highest BCUT2D eigenvalue weighted by Crippen LogP contribution is 2.26. The number of amides is 2. The minimum absolute atomic E-state index is 0.149. The normalized spacial score (nSPS) is 10.5. The zero-order chi connectivity index (χ0) is 18.5. The Balaban J connectivity index is 1.61. The van der Waals surface area contributed by atoms with Crippen LogP contribution in [0.2, 0.25) is 0 Å². The van der Waals surface area contributed by atoms with Crippen LogP contribution in [0.15, 0.2) is 46.2 Å². The first-order valence-corrected chi connectivity index (χ1v) is 9.02. The van der Waals surface area contributed by atoms with Crippen LogP contribution >= 0.6 is 11.3 Å². The van der Waals surface area contributed by atoms with Crippen LogP contribution in [0.25, 0.3) is 10.8 Å². The summed E-state index contributed by atoms with van der Waals surface area (Å²) in [6.07, 6.45) is 0.149. The van der Waals surface area contributed by atoms with Crippen molar-refractivity contribution in [3.05, 3.63) is 64.4 Å². The molecule has 26 heavy (non-hydrogen) atoms. The molecule has 3 rings (SSSR count). The number of aryl methyl sites for hydroxylation is 1. The monoisotopic (exact) mass is 369 g/mol. The standard InChI is InChI=1S/C19H19N3O3S/c1-12-15(22-19(25-12)16-7-4-8-26-16)10-17(23)21-11-13-5-3-6-14(9-13)18(24)20-2/h3-9H,10-11H2,1-2H3,(H,20,24)(H,21,23). The van der Waals surface area contributed by atoms with Crippen LogP contribution in [0.4, 0.5) is 0 Å². The molecule has 7 heteroatoms. The van der Waals surface area contributed by atoms with Crippen molar-refractivity contribution in [2.75, 3.05) is 7.05 Å². The number of hydrogen-bond acceptors (Lipinski definition) is 5. The summed E-state index contributed by atoms with van der Waals surface area (Å²) in [5.41, 5.74) is 2.05. The molecular weight excluding hydrogens is 350 g/mol. The molecule has 3 aromatic rings. The molecule has 0 fully saturated rings. The van der Waals surface area contributed by atoms with Crippen molar-refractivity contribution in [1.29, 1.82) is 0 Å². The molecule has 1 aromatic carbocycles. The number of carbonyl (C=O) groups excluding carboxylic acids is 2. The number of hydrogen-bond donors (Lipinski definition) is 2. The number of thiophene rings is 1. The van der Waals surface area contributed by atoms with Crippen molar-refractivity contribution in [3.63, 3.8) is 0 Å². The molecule has 0 spiro atoms. The van der Waals surface area contributed by atoms with Crippen LogP contribution in [0.5, 0.6) is 0 Å². The molecule has 6 nitrogen and oxygen atoms in total. The average Bonchev–Trinajstić information content (AvgIpc) is 3.30. The van der Waals surface area contributed by atoms with E-state index in [1.54, 1.807) is 43.5 Å². The molecule has 0 aliphatic rings. The summed E-state index contributed by atoms with van der Waals surface area (Å²) in [6.45, 7) is 2.15. The Morgan fingerprint density at radius 2 is 2.08 bits per heavy atom. The van der Waals surface area contributed by atoms with E-state index in [2.05, 4.69) is 15.6 Å². The first kappa shape index (κ1) is 17.9. The van der Waals surface area contributed by atoms with Gasteiger partial charge in [-0.15, -0.1) is 11.3 Å². The zero-order valence-corrected chi connectivity index (χ0v) is 15.4. The third kappa shape index (κ3) is 4.18. The Labute approximate surface area is 155 Å². The van der Waals surface area contributed by atoms with Gasteiger partial charge in [-0.3, -0.25) is 9.59 Å². The van der Waals surface area contributed by atoms with Gasteiger partial charge < -0.3 is 15.1 Å². The summed E-state index contributed by atoms with van der Waals surface area (Å²) in [5, 5.41) is 7.39. The Kier molecular flexibility index (Phi) is 5.48. The lowest BCUT2D eigenvalue weighted by Gasteiger charge is -2.06. The van der Waals surface area contributed by atoms with Crippen molar-refractivity contribution in [3.8, 4) is 10.8 Å². The summed E-state index contributed by atoms with van der Waals surface area (Å²) in [5.74, 6) is 0.880. The fraction of sp³-hybridized carbons (Fsp3) is 0.211. The van der Waals surface area contributed by atoms with Crippen LogP contribution < -0.4 is 10.6 Å². The smallest absolute Gasteiger partial charge is 0.251 e. The molecule has 0 saturated carbocycles. The third-order valence-corrected chi connectivity index (χ3v) is 4.72. The van der Waals surface area contributed by atoms with E-state index < -0.39 is 0 Å². The topological polar surface area (TPSA) is 84.2 Å². The molecule has 2 N–H and O–H groups in total. The lowest BCUT2D eigenvalue weighted by atomic mass is 10.1. The predicted molar refractivity (Wildman–Crippen MR) is 99.9 cm³/mol. The zero-order valence-electron chi connectivity index (χ0n) is 14.5. The van der Waals surface area contributed by atoms with Gasteiger partial charge in [0.05, 0.1) is 17.0 Å². The van der Waals surface area contributed by atoms with E-state index in [1.807, 2.05) is 23.6 Å². The van der Waals surface area contributed by atoms with E-state index >= 15 is 0 Å². The van der Waals surface area contributed by atoms with Crippen molar-refractivity contribution >= 4 is 23.2 Å². The molecule has 0 radical (unpaired) electrons. The second-order valence-electron chi connectivity index (χ2n) is 5.73. The SMILES string of the molecule is CNC(=O)c1cccc(CNC(=O)Cc2nc(-c3cccs3)oc2C)c1. The van der Waals surface area contributed by atoms with Crippen molar-refractivity contribution in [1.82, 2.24) is 15.6 Å². The molecule has 0 atom stereocenters. The number of oxazole rings is 1. The summed E-state index contributed by atoms with van der Waals surface area (Å²) >= 11 is 1.54. The van der Waals surface area contributed by atoms with Gasteiger partial charge >= 0.3 is 0 Å². The second kappa shape index (κ2) is 7.97. The largest absolute Gasteiger partial charge is 0.440 e. The van der Waals surface area contributed by atoms with Crippen LogP contribution in [0, 0.1) is 6.92 Å². The van der Waals surface area contributed by atoms with Gasteiger partial charge in [-0.1, -0.05) is 18.2 Å². The van der Waals surface area contributed by atoms with Gasteiger partial charge in [0.15, 0.2) is 0 Å². The Morgan fingerprint density at radius 3 is 2.81 bits per heavy atom. The molecule has 0 aliphatic carbocycles. The van der Waals surface area contributed by atoms with Crippen molar-refractivity contribution in [2.45, 2.75) is 19.9 Å². The maximum atomic E-state index is 12.2. The van der Waals surface area contributed by atoms with Crippen LogP contribution in [0.3, 0.4) is 0 Å². The van der Waals surface area contributed by atoms with E-state index in [0.29, 0.717) is 29.5 Å². The maximum Gasteiger partial charge on any atom is 0.251 e. The fourth-order valence-corrected chi connectivity index (χ4v) is 3.13. The highest BCUT2D eigenvalue weighted by Gasteiger charge is 2.15. The van der Waals surface area contributed by atoms with E-state index in [1.165, 1.54) is 0 Å². The first-order chi connectivity index (χ1) is 12.6. The van der Waals surface area contributed by atoms with Crippen LogP contribution in [-0.2, 0) is 17.8 Å². The van der Waals surface area contributed by atoms with Gasteiger partial charge in [0, 0.05) is 19.2 Å². The molecule has 2 heterocycles. The highest BCUT2D eigenvalue weighted by atomic mass is 32.1. The van der Waals surface area contributed by atoms with Crippen LogP contribution in [0.1, 0.15) is 27.4 Å². The van der Waals surface area contributed by atoms with Crippen molar-refractivity contribution in [2.24, 2.45) is 0 Å². The predicted octanol–water partition coefficient (Wildman–Crippen LogP) is 2.93. The Bertz CT molecular complexity index is 916. The van der Waals surface area contributed by atoms with Gasteiger partial charge in [-0.05, 0) is 36.1 Å². The average molecular weight is 369 g/mol. The molecule has 0 aliphatic heterocycles. The van der Waals surface area contributed by atoms with Gasteiger partial charge in [0.1, 0.15) is 5.76 Å². The number of rotatable bonds is 6. The van der Waals surface area contributed by atoms with E-state index in [0.717, 1.165) is 10.4 Å². The minimum Gasteiger partial charge on any atom is -0.440 e. The molecule has 0 bridgehead atoms. The van der Waals surface area contributed by atoms with Gasteiger partial charge in [-0.2, -0.15) is 0 Å². The van der Waals surface area contributed by atoms with Crippen LogP contribution in [-0.4, -0.2) is 23.8 Å². The quantitative estimate of drug-likeness (QED) is 0.700. The number of benzene rings is 1. The lowest BCUT2D eigenvalue weighted by Crippen LogP contribution is -2.25. The number of nitrogens with zero attached hydrogens (tertiary/aromatic N) is 1. The summed E-state index contributed by atoms with van der Waals surface area (Å²) in [4.78, 5) is 29.3. The Hall–Kier alpha value is -2.93. The van der Waals surface area contributed by atoms with Gasteiger partial charge in [0.2, 0.25) is 11.8 Å². The van der Waals surface area contributed by atoms with Gasteiger partial charge in [0.25, 0.3) is 5.91 Å². The second-order valence-corrected chi connectivity index (χ2v) is 6.68. The minimum atomic E-state index is -0.155. The summed E-state index contributed by atoms with van der Waals surface area (Å²) < 4.78 is 5.65. The summed E-state index contributed by atoms with van der Waals surface area (Å²) in [7, 11) is 1.58. The number of aromatic nitrogens is 1. The van der Waals surface area contributed by atoms with E-state index in [9.17, 15) is 9.59 Å². The van der Waals surface area contributed by atoms with Crippen molar-refractivity contribution < 1.29 is 14.0 Å². The number of nitrogens with one attached hydrogen (secondary N) is 2.